The zero-order chi connectivity index (χ0) is 15.0. The number of nitrogens with two attached hydrogens (primary N) is 1. The Labute approximate surface area is 125 Å². The monoisotopic (exact) mass is 288 g/mol. The molecule has 3 rings (SSSR count). The first kappa shape index (κ1) is 14.2. The van der Waals surface area contributed by atoms with Crippen LogP contribution in [0, 0.1) is 0 Å². The van der Waals surface area contributed by atoms with Crippen molar-refractivity contribution in [3.63, 3.8) is 0 Å². The smallest absolute Gasteiger partial charge is 0.201 e. The number of benzene rings is 1. The van der Waals surface area contributed by atoms with Crippen molar-refractivity contribution in [2.24, 2.45) is 0 Å². The minimum Gasteiger partial charge on any atom is -0.489 e. The Morgan fingerprint density at radius 3 is 2.86 bits per heavy atom. The van der Waals surface area contributed by atoms with Crippen LogP contribution in [-0.2, 0) is 6.54 Å². The van der Waals surface area contributed by atoms with Crippen LogP contribution in [-0.4, -0.2) is 40.2 Å². The molecule has 2 N–H and O–H groups in total. The number of hydrogen-bond donors (Lipinski definition) is 1. The SMILES string of the molecule is CC(C)Oc1cccc2c1nc(N)n2CCN(C)C1CC1. The van der Waals surface area contributed by atoms with E-state index in [2.05, 4.69) is 27.6 Å². The molecule has 1 fully saturated rings. The van der Waals surface area contributed by atoms with E-state index in [1.165, 1.54) is 12.8 Å². The van der Waals surface area contributed by atoms with Crippen molar-refractivity contribution >= 4 is 17.0 Å². The Morgan fingerprint density at radius 2 is 2.19 bits per heavy atom. The number of rotatable bonds is 6. The molecule has 1 aromatic carbocycles. The summed E-state index contributed by atoms with van der Waals surface area (Å²) in [5.74, 6) is 1.37. The number of hydrogen-bond acceptors (Lipinski definition) is 4. The van der Waals surface area contributed by atoms with Gasteiger partial charge in [0.1, 0.15) is 11.3 Å². The maximum atomic E-state index is 6.11. The first-order valence-electron chi connectivity index (χ1n) is 7.68. The lowest BCUT2D eigenvalue weighted by atomic mass is 10.3. The van der Waals surface area contributed by atoms with Crippen LogP contribution >= 0.6 is 0 Å². The molecule has 0 amide bonds. The molecule has 1 aliphatic carbocycles. The molecule has 0 bridgehead atoms. The van der Waals surface area contributed by atoms with Crippen molar-refractivity contribution in [3.8, 4) is 5.75 Å². The van der Waals surface area contributed by atoms with E-state index in [0.717, 1.165) is 35.9 Å². The Hall–Kier alpha value is -1.75. The van der Waals surface area contributed by atoms with E-state index in [1.807, 2.05) is 26.0 Å². The zero-order valence-electron chi connectivity index (χ0n) is 13.0. The quantitative estimate of drug-likeness (QED) is 0.887. The molecule has 0 aliphatic heterocycles. The van der Waals surface area contributed by atoms with Crippen LogP contribution < -0.4 is 10.5 Å². The molecule has 0 atom stereocenters. The Balaban J connectivity index is 1.86. The molecule has 1 aliphatic rings. The summed E-state index contributed by atoms with van der Waals surface area (Å²) in [6.07, 6.45) is 2.77. The normalized spacial score (nSPS) is 15.3. The van der Waals surface area contributed by atoms with Gasteiger partial charge in [-0.1, -0.05) is 6.07 Å². The van der Waals surface area contributed by atoms with Crippen LogP contribution in [0.25, 0.3) is 11.0 Å². The fourth-order valence-electron chi connectivity index (χ4n) is 2.68. The van der Waals surface area contributed by atoms with Gasteiger partial charge in [0.05, 0.1) is 11.6 Å². The fraction of sp³-hybridized carbons (Fsp3) is 0.562. The van der Waals surface area contributed by atoms with E-state index >= 15 is 0 Å². The number of fused-ring (bicyclic) bond motifs is 1. The van der Waals surface area contributed by atoms with E-state index in [1.54, 1.807) is 0 Å². The van der Waals surface area contributed by atoms with E-state index < -0.39 is 0 Å². The highest BCUT2D eigenvalue weighted by Gasteiger charge is 2.25. The highest BCUT2D eigenvalue weighted by atomic mass is 16.5. The highest BCUT2D eigenvalue weighted by Crippen LogP contribution is 2.29. The summed E-state index contributed by atoms with van der Waals surface area (Å²) < 4.78 is 7.91. The Morgan fingerprint density at radius 1 is 1.43 bits per heavy atom. The van der Waals surface area contributed by atoms with Crippen molar-refractivity contribution in [1.82, 2.24) is 14.5 Å². The number of nitrogen functional groups attached to an aromatic ring is 1. The van der Waals surface area contributed by atoms with Gasteiger partial charge in [-0.05, 0) is 45.9 Å². The molecule has 114 valence electrons. The lowest BCUT2D eigenvalue weighted by Crippen LogP contribution is -2.25. The number of imidazole rings is 1. The first-order chi connectivity index (χ1) is 10.1. The minimum atomic E-state index is 0.128. The molecule has 5 nitrogen and oxygen atoms in total. The van der Waals surface area contributed by atoms with Crippen molar-refractivity contribution in [1.29, 1.82) is 0 Å². The van der Waals surface area contributed by atoms with Gasteiger partial charge in [-0.15, -0.1) is 0 Å². The predicted molar refractivity (Wildman–Crippen MR) is 85.6 cm³/mol. The van der Waals surface area contributed by atoms with Gasteiger partial charge < -0.3 is 19.9 Å². The van der Waals surface area contributed by atoms with Gasteiger partial charge in [0.25, 0.3) is 0 Å². The fourth-order valence-corrected chi connectivity index (χ4v) is 2.68. The van der Waals surface area contributed by atoms with Crippen molar-refractivity contribution in [2.75, 3.05) is 19.3 Å². The maximum Gasteiger partial charge on any atom is 0.201 e. The average Bonchev–Trinajstić information content (AvgIpc) is 3.21. The van der Waals surface area contributed by atoms with Gasteiger partial charge in [0, 0.05) is 19.1 Å². The minimum absolute atomic E-state index is 0.128. The molecule has 1 saturated carbocycles. The largest absolute Gasteiger partial charge is 0.489 e. The standard InChI is InChI=1S/C16H24N4O/c1-11(2)21-14-6-4-5-13-15(14)18-16(17)20(13)10-9-19(3)12-7-8-12/h4-6,11-12H,7-10H2,1-3H3,(H2,17,18). The summed E-state index contributed by atoms with van der Waals surface area (Å²) in [6, 6.07) is 6.78. The second-order valence-corrected chi connectivity index (χ2v) is 6.12. The Bertz CT molecular complexity index is 630. The van der Waals surface area contributed by atoms with Crippen LogP contribution in [0.1, 0.15) is 26.7 Å². The first-order valence-corrected chi connectivity index (χ1v) is 7.68. The van der Waals surface area contributed by atoms with Crippen molar-refractivity contribution in [2.45, 2.75) is 45.4 Å². The number of likely N-dealkylation sites (N-methyl/N-ethyl adjacent to an activating group) is 1. The third-order valence-electron chi connectivity index (χ3n) is 3.98. The van der Waals surface area contributed by atoms with E-state index in [0.29, 0.717) is 5.95 Å². The van der Waals surface area contributed by atoms with Gasteiger partial charge in [-0.25, -0.2) is 4.98 Å². The van der Waals surface area contributed by atoms with Gasteiger partial charge >= 0.3 is 0 Å². The third-order valence-corrected chi connectivity index (χ3v) is 3.98. The van der Waals surface area contributed by atoms with Crippen LogP contribution in [0.2, 0.25) is 0 Å². The summed E-state index contributed by atoms with van der Waals surface area (Å²) in [5.41, 5.74) is 8.02. The van der Waals surface area contributed by atoms with Crippen LogP contribution in [0.5, 0.6) is 5.75 Å². The van der Waals surface area contributed by atoms with Crippen LogP contribution in [0.15, 0.2) is 18.2 Å². The van der Waals surface area contributed by atoms with Gasteiger partial charge in [0.15, 0.2) is 0 Å². The second kappa shape index (κ2) is 5.56. The van der Waals surface area contributed by atoms with E-state index in [-0.39, 0.29) is 6.10 Å². The molecule has 2 aromatic rings. The third kappa shape index (κ3) is 2.97. The lowest BCUT2D eigenvalue weighted by Gasteiger charge is -2.16. The van der Waals surface area contributed by atoms with Crippen molar-refractivity contribution < 1.29 is 4.74 Å². The number of ether oxygens (including phenoxy) is 1. The second-order valence-electron chi connectivity index (χ2n) is 6.12. The summed E-state index contributed by atoms with van der Waals surface area (Å²) in [7, 11) is 2.18. The molecular weight excluding hydrogens is 264 g/mol. The van der Waals surface area contributed by atoms with Crippen LogP contribution in [0.4, 0.5) is 5.95 Å². The summed E-state index contributed by atoms with van der Waals surface area (Å²) in [5, 5.41) is 0. The summed E-state index contributed by atoms with van der Waals surface area (Å²) in [4.78, 5) is 6.90. The predicted octanol–water partition coefficient (Wildman–Crippen LogP) is 2.50. The molecule has 0 radical (unpaired) electrons. The van der Waals surface area contributed by atoms with Crippen LogP contribution in [0.3, 0.4) is 0 Å². The van der Waals surface area contributed by atoms with E-state index in [4.69, 9.17) is 10.5 Å². The molecule has 1 heterocycles. The lowest BCUT2D eigenvalue weighted by molar-refractivity contribution is 0.245. The zero-order valence-corrected chi connectivity index (χ0v) is 13.0. The number of nitrogens with zero attached hydrogens (tertiary/aromatic N) is 3. The number of anilines is 1. The molecule has 0 unspecified atom stereocenters. The molecule has 21 heavy (non-hydrogen) atoms. The van der Waals surface area contributed by atoms with Gasteiger partial charge in [-0.3, -0.25) is 0 Å². The summed E-state index contributed by atoms with van der Waals surface area (Å²) in [6.45, 7) is 5.89. The summed E-state index contributed by atoms with van der Waals surface area (Å²) >= 11 is 0. The molecule has 0 saturated heterocycles. The Kier molecular flexibility index (Phi) is 3.76. The molecule has 0 spiro atoms. The van der Waals surface area contributed by atoms with Gasteiger partial charge in [0.2, 0.25) is 5.95 Å². The molecule has 1 aromatic heterocycles. The van der Waals surface area contributed by atoms with E-state index in [9.17, 15) is 0 Å². The number of aromatic nitrogens is 2. The topological polar surface area (TPSA) is 56.3 Å². The molecular formula is C16H24N4O. The number of para-hydroxylation sites is 1. The average molecular weight is 288 g/mol. The van der Waals surface area contributed by atoms with Crippen molar-refractivity contribution in [3.05, 3.63) is 18.2 Å². The highest BCUT2D eigenvalue weighted by molar-refractivity contribution is 5.84. The molecule has 5 heteroatoms. The van der Waals surface area contributed by atoms with Gasteiger partial charge in [-0.2, -0.15) is 0 Å². The maximum absolute atomic E-state index is 6.11.